The molecule has 2 aromatic heterocycles. The monoisotopic (exact) mass is 395 g/mol. The second kappa shape index (κ2) is 8.38. The van der Waals surface area contributed by atoms with Crippen LogP contribution in [-0.2, 0) is 6.42 Å². The van der Waals surface area contributed by atoms with Crippen LogP contribution in [0.1, 0.15) is 39.9 Å². The molecule has 1 saturated heterocycles. The average molecular weight is 395 g/mol. The molecule has 0 bridgehead atoms. The second-order valence-electron chi connectivity index (χ2n) is 7.13. The van der Waals surface area contributed by atoms with E-state index in [1.165, 1.54) is 12.3 Å². The van der Waals surface area contributed by atoms with Gasteiger partial charge in [-0.25, -0.2) is 9.37 Å². The number of likely N-dealkylation sites (tertiary alicyclic amines) is 1. The van der Waals surface area contributed by atoms with Crippen LogP contribution in [0.15, 0.2) is 42.7 Å². The van der Waals surface area contributed by atoms with Crippen molar-refractivity contribution >= 4 is 5.91 Å². The molecule has 3 aromatic rings. The van der Waals surface area contributed by atoms with E-state index in [2.05, 4.69) is 20.2 Å². The number of halogens is 1. The fraction of sp³-hybridized carbons (Fsp3) is 0.333. The summed E-state index contributed by atoms with van der Waals surface area (Å²) in [5.41, 5.74) is 3.00. The van der Waals surface area contributed by atoms with Gasteiger partial charge in [0, 0.05) is 37.3 Å². The molecule has 1 aliphatic heterocycles. The predicted molar refractivity (Wildman–Crippen MR) is 104 cm³/mol. The number of nitrogens with one attached hydrogen (secondary N) is 1. The maximum atomic E-state index is 13.6. The largest absolute Gasteiger partial charge is 0.490 e. The first-order chi connectivity index (χ1) is 14.1. The van der Waals surface area contributed by atoms with E-state index in [-0.39, 0.29) is 23.4 Å². The number of aromatic nitrogens is 4. The van der Waals surface area contributed by atoms with E-state index in [0.29, 0.717) is 31.8 Å². The molecular weight excluding hydrogens is 373 g/mol. The fourth-order valence-electron chi connectivity index (χ4n) is 3.40. The smallest absolute Gasteiger partial charge is 0.274 e. The maximum absolute atomic E-state index is 13.6. The van der Waals surface area contributed by atoms with Gasteiger partial charge in [0.1, 0.15) is 5.69 Å². The van der Waals surface area contributed by atoms with Crippen LogP contribution in [0.3, 0.4) is 0 Å². The van der Waals surface area contributed by atoms with Crippen LogP contribution >= 0.6 is 0 Å². The number of rotatable bonds is 6. The van der Waals surface area contributed by atoms with Crippen molar-refractivity contribution in [3.8, 4) is 5.75 Å². The third-order valence-corrected chi connectivity index (χ3v) is 5.01. The van der Waals surface area contributed by atoms with Gasteiger partial charge < -0.3 is 9.64 Å². The van der Waals surface area contributed by atoms with Gasteiger partial charge >= 0.3 is 0 Å². The van der Waals surface area contributed by atoms with Crippen molar-refractivity contribution in [2.24, 2.45) is 0 Å². The highest BCUT2D eigenvalue weighted by molar-refractivity contribution is 5.92. The SMILES string of the molecule is Cc1cnc(C(=O)N2CC[C@@H](c3cc(CCOc4ccccc4F)[nH]n3)C2)cn1. The first kappa shape index (κ1) is 19.0. The Hall–Kier alpha value is -3.29. The maximum Gasteiger partial charge on any atom is 0.274 e. The Balaban J connectivity index is 1.31. The van der Waals surface area contributed by atoms with Gasteiger partial charge in [-0.3, -0.25) is 14.9 Å². The zero-order valence-corrected chi connectivity index (χ0v) is 16.1. The van der Waals surface area contributed by atoms with Gasteiger partial charge in [-0.05, 0) is 31.5 Å². The number of hydrogen-bond acceptors (Lipinski definition) is 5. The zero-order valence-electron chi connectivity index (χ0n) is 16.1. The molecule has 4 rings (SSSR count). The highest BCUT2D eigenvalue weighted by atomic mass is 19.1. The minimum Gasteiger partial charge on any atom is -0.490 e. The lowest BCUT2D eigenvalue weighted by molar-refractivity contribution is 0.0784. The van der Waals surface area contributed by atoms with E-state index in [0.717, 1.165) is 23.5 Å². The second-order valence-corrected chi connectivity index (χ2v) is 7.13. The molecule has 1 aromatic carbocycles. The van der Waals surface area contributed by atoms with Crippen LogP contribution in [0, 0.1) is 12.7 Å². The van der Waals surface area contributed by atoms with E-state index in [1.54, 1.807) is 29.3 Å². The lowest BCUT2D eigenvalue weighted by Crippen LogP contribution is -2.29. The summed E-state index contributed by atoms with van der Waals surface area (Å²) in [6.45, 7) is 3.45. The molecule has 7 nitrogen and oxygen atoms in total. The van der Waals surface area contributed by atoms with Crippen molar-refractivity contribution in [2.45, 2.75) is 25.7 Å². The Bertz CT molecular complexity index is 989. The predicted octanol–water partition coefficient (Wildman–Crippen LogP) is 2.90. The number of nitrogens with zero attached hydrogens (tertiary/aromatic N) is 4. The number of benzene rings is 1. The van der Waals surface area contributed by atoms with Gasteiger partial charge in [-0.1, -0.05) is 12.1 Å². The number of aromatic amines is 1. The Morgan fingerprint density at radius 1 is 1.31 bits per heavy atom. The number of amides is 1. The Morgan fingerprint density at radius 3 is 2.97 bits per heavy atom. The van der Waals surface area contributed by atoms with Crippen molar-refractivity contribution in [2.75, 3.05) is 19.7 Å². The van der Waals surface area contributed by atoms with E-state index >= 15 is 0 Å². The molecule has 0 unspecified atom stereocenters. The lowest BCUT2D eigenvalue weighted by Gasteiger charge is -2.15. The van der Waals surface area contributed by atoms with Crippen molar-refractivity contribution in [3.63, 3.8) is 0 Å². The summed E-state index contributed by atoms with van der Waals surface area (Å²) in [6.07, 6.45) is 4.56. The van der Waals surface area contributed by atoms with Crippen molar-refractivity contribution < 1.29 is 13.9 Å². The van der Waals surface area contributed by atoms with Gasteiger partial charge in [0.2, 0.25) is 0 Å². The summed E-state index contributed by atoms with van der Waals surface area (Å²) >= 11 is 0. The normalized spacial score (nSPS) is 16.2. The molecule has 0 spiro atoms. The molecule has 1 aliphatic rings. The molecule has 0 aliphatic carbocycles. The van der Waals surface area contributed by atoms with Gasteiger partial charge in [-0.15, -0.1) is 0 Å². The van der Waals surface area contributed by atoms with Gasteiger partial charge in [0.25, 0.3) is 5.91 Å². The fourth-order valence-corrected chi connectivity index (χ4v) is 3.40. The highest BCUT2D eigenvalue weighted by Gasteiger charge is 2.30. The van der Waals surface area contributed by atoms with Crippen LogP contribution in [0.5, 0.6) is 5.75 Å². The van der Waals surface area contributed by atoms with Gasteiger partial charge in [0.05, 0.1) is 24.2 Å². The van der Waals surface area contributed by atoms with Crippen molar-refractivity contribution in [1.29, 1.82) is 0 Å². The first-order valence-corrected chi connectivity index (χ1v) is 9.59. The Labute approximate surface area is 167 Å². The summed E-state index contributed by atoms with van der Waals surface area (Å²) in [5.74, 6) is -0.0490. The van der Waals surface area contributed by atoms with Crippen LogP contribution in [0.2, 0.25) is 0 Å². The number of carbonyl (C=O) groups excluding carboxylic acids is 1. The minimum atomic E-state index is -0.369. The molecule has 150 valence electrons. The Morgan fingerprint density at radius 2 is 2.17 bits per heavy atom. The van der Waals surface area contributed by atoms with E-state index < -0.39 is 0 Å². The third kappa shape index (κ3) is 4.42. The standard InChI is InChI=1S/C21H22FN5O2/c1-14-11-24-19(12-23-14)21(28)27-8-6-15(13-27)18-10-16(25-26-18)7-9-29-20-5-3-2-4-17(20)22/h2-5,10-12,15H,6-9,13H2,1H3,(H,25,26)/t15-/m1/s1. The van der Waals surface area contributed by atoms with E-state index in [1.807, 2.05) is 13.0 Å². The molecule has 1 N–H and O–H groups in total. The van der Waals surface area contributed by atoms with Crippen LogP contribution in [-0.4, -0.2) is 50.7 Å². The summed E-state index contributed by atoms with van der Waals surface area (Å²) < 4.78 is 19.1. The summed E-state index contributed by atoms with van der Waals surface area (Å²) in [5, 5.41) is 7.41. The summed E-state index contributed by atoms with van der Waals surface area (Å²) in [7, 11) is 0. The molecule has 8 heteroatoms. The molecule has 0 radical (unpaired) electrons. The number of ether oxygens (including phenoxy) is 1. The van der Waals surface area contributed by atoms with Gasteiger partial charge in [0.15, 0.2) is 11.6 Å². The van der Waals surface area contributed by atoms with Crippen LogP contribution in [0.4, 0.5) is 4.39 Å². The molecule has 1 atom stereocenters. The topological polar surface area (TPSA) is 84.0 Å². The lowest BCUT2D eigenvalue weighted by atomic mass is 10.0. The van der Waals surface area contributed by atoms with E-state index in [4.69, 9.17) is 4.74 Å². The number of para-hydroxylation sites is 1. The van der Waals surface area contributed by atoms with Crippen molar-refractivity contribution in [3.05, 3.63) is 71.3 Å². The van der Waals surface area contributed by atoms with Crippen molar-refractivity contribution in [1.82, 2.24) is 25.1 Å². The summed E-state index contributed by atoms with van der Waals surface area (Å²) in [6, 6.07) is 8.34. The molecule has 1 amide bonds. The molecule has 29 heavy (non-hydrogen) atoms. The van der Waals surface area contributed by atoms with Crippen LogP contribution in [0.25, 0.3) is 0 Å². The molecular formula is C21H22FN5O2. The highest BCUT2D eigenvalue weighted by Crippen LogP contribution is 2.27. The zero-order chi connectivity index (χ0) is 20.2. The molecule has 0 saturated carbocycles. The number of carbonyl (C=O) groups is 1. The molecule has 3 heterocycles. The Kier molecular flexibility index (Phi) is 5.50. The van der Waals surface area contributed by atoms with E-state index in [9.17, 15) is 9.18 Å². The third-order valence-electron chi connectivity index (χ3n) is 5.01. The minimum absolute atomic E-state index is 0.103. The molecule has 1 fully saturated rings. The average Bonchev–Trinajstić information content (AvgIpc) is 3.39. The number of H-pyrrole nitrogens is 1. The van der Waals surface area contributed by atoms with Crippen LogP contribution < -0.4 is 4.74 Å². The first-order valence-electron chi connectivity index (χ1n) is 9.59. The quantitative estimate of drug-likeness (QED) is 0.694. The number of hydrogen-bond donors (Lipinski definition) is 1. The number of aryl methyl sites for hydroxylation is 1. The summed E-state index contributed by atoms with van der Waals surface area (Å²) in [4.78, 5) is 22.7. The van der Waals surface area contributed by atoms with Gasteiger partial charge in [-0.2, -0.15) is 5.10 Å².